The summed E-state index contributed by atoms with van der Waals surface area (Å²) in [6.45, 7) is 1.50. The molecule has 1 fully saturated rings. The van der Waals surface area contributed by atoms with Crippen molar-refractivity contribution in [3.8, 4) is 5.75 Å². The monoisotopic (exact) mass is 335 g/mol. The quantitative estimate of drug-likeness (QED) is 0.925. The number of amides is 2. The van der Waals surface area contributed by atoms with E-state index in [0.717, 1.165) is 6.42 Å². The summed E-state index contributed by atoms with van der Waals surface area (Å²) in [5.41, 5.74) is 0. The summed E-state index contributed by atoms with van der Waals surface area (Å²) in [4.78, 5) is 18.0. The minimum Gasteiger partial charge on any atom is -0.487 e. The lowest BCUT2D eigenvalue weighted by atomic mass is 10.3. The van der Waals surface area contributed by atoms with E-state index >= 15 is 0 Å². The van der Waals surface area contributed by atoms with Crippen LogP contribution in [0.15, 0.2) is 30.6 Å². The highest BCUT2D eigenvalue weighted by Gasteiger charge is 2.28. The number of nitrogens with one attached hydrogen (secondary N) is 1. The summed E-state index contributed by atoms with van der Waals surface area (Å²) in [7, 11) is 1.79. The van der Waals surface area contributed by atoms with Gasteiger partial charge in [0, 0.05) is 20.0 Å². The molecule has 23 heavy (non-hydrogen) atoms. The summed E-state index contributed by atoms with van der Waals surface area (Å²) in [6, 6.07) is 7.21. The van der Waals surface area contributed by atoms with E-state index in [0.29, 0.717) is 36.2 Å². The van der Waals surface area contributed by atoms with E-state index in [2.05, 4.69) is 15.4 Å². The van der Waals surface area contributed by atoms with Gasteiger partial charge in [0.1, 0.15) is 18.2 Å². The summed E-state index contributed by atoms with van der Waals surface area (Å²) >= 11 is 6.09. The van der Waals surface area contributed by atoms with Gasteiger partial charge in [-0.3, -0.25) is 4.68 Å². The molecule has 7 nitrogen and oxygen atoms in total. The maximum absolute atomic E-state index is 12.2. The van der Waals surface area contributed by atoms with Crippen LogP contribution in [0.2, 0.25) is 5.02 Å². The van der Waals surface area contributed by atoms with E-state index in [-0.39, 0.29) is 12.1 Å². The molecule has 1 aromatic carbocycles. The molecule has 3 rings (SSSR count). The first kappa shape index (κ1) is 15.6. The zero-order chi connectivity index (χ0) is 16.2. The number of halogens is 1. The normalized spacial score (nSPS) is 17.3. The van der Waals surface area contributed by atoms with Gasteiger partial charge < -0.3 is 15.0 Å². The predicted octanol–water partition coefficient (Wildman–Crippen LogP) is 1.83. The molecule has 0 saturated carbocycles. The Morgan fingerprint density at radius 1 is 1.48 bits per heavy atom. The Balaban J connectivity index is 1.49. The number of aromatic nitrogens is 3. The zero-order valence-electron chi connectivity index (χ0n) is 12.8. The molecule has 1 N–H and O–H groups in total. The zero-order valence-corrected chi connectivity index (χ0v) is 13.5. The smallest absolute Gasteiger partial charge is 0.317 e. The molecule has 0 bridgehead atoms. The van der Waals surface area contributed by atoms with Crippen LogP contribution in [-0.2, 0) is 13.6 Å². The van der Waals surface area contributed by atoms with E-state index < -0.39 is 0 Å². The molecule has 0 spiro atoms. The molecular weight excluding hydrogens is 318 g/mol. The van der Waals surface area contributed by atoms with Crippen LogP contribution >= 0.6 is 11.6 Å². The van der Waals surface area contributed by atoms with Crippen molar-refractivity contribution in [1.29, 1.82) is 0 Å². The van der Waals surface area contributed by atoms with E-state index in [1.165, 1.54) is 0 Å². The second-order valence-corrected chi connectivity index (χ2v) is 5.81. The number of nitrogens with zero attached hydrogens (tertiary/aromatic N) is 4. The van der Waals surface area contributed by atoms with Crippen molar-refractivity contribution in [3.05, 3.63) is 41.4 Å². The number of carbonyl (C=O) groups excluding carboxylic acids is 1. The van der Waals surface area contributed by atoms with Crippen LogP contribution in [0, 0.1) is 0 Å². The number of hydrogen-bond acceptors (Lipinski definition) is 4. The molecule has 1 aromatic heterocycles. The maximum Gasteiger partial charge on any atom is 0.317 e. The van der Waals surface area contributed by atoms with Gasteiger partial charge in [-0.15, -0.1) is 0 Å². The summed E-state index contributed by atoms with van der Waals surface area (Å²) in [5.74, 6) is 1.24. The third kappa shape index (κ3) is 3.92. The molecule has 1 aliphatic rings. The van der Waals surface area contributed by atoms with Crippen molar-refractivity contribution in [3.63, 3.8) is 0 Å². The van der Waals surface area contributed by atoms with Gasteiger partial charge in [-0.25, -0.2) is 9.78 Å². The largest absolute Gasteiger partial charge is 0.487 e. The molecule has 122 valence electrons. The molecule has 0 radical (unpaired) electrons. The van der Waals surface area contributed by atoms with Gasteiger partial charge in [0.05, 0.1) is 18.1 Å². The highest BCUT2D eigenvalue weighted by atomic mass is 35.5. The second kappa shape index (κ2) is 6.87. The number of likely N-dealkylation sites (tertiary alicyclic amines) is 1. The molecule has 2 amide bonds. The second-order valence-electron chi connectivity index (χ2n) is 5.40. The van der Waals surface area contributed by atoms with Crippen LogP contribution in [0.1, 0.15) is 12.2 Å². The predicted molar refractivity (Wildman–Crippen MR) is 85.3 cm³/mol. The molecule has 8 heteroatoms. The minimum absolute atomic E-state index is 0.0476. The van der Waals surface area contributed by atoms with E-state index in [9.17, 15) is 4.79 Å². The van der Waals surface area contributed by atoms with Crippen LogP contribution in [-0.4, -0.2) is 44.9 Å². The number of para-hydroxylation sites is 1. The number of rotatable bonds is 4. The summed E-state index contributed by atoms with van der Waals surface area (Å²) < 4.78 is 7.47. The van der Waals surface area contributed by atoms with Gasteiger partial charge in [-0.05, 0) is 12.1 Å². The number of aryl methyl sites for hydroxylation is 1. The summed E-state index contributed by atoms with van der Waals surface area (Å²) in [6.07, 6.45) is 2.33. The van der Waals surface area contributed by atoms with Gasteiger partial charge in [0.25, 0.3) is 0 Å². The van der Waals surface area contributed by atoms with Gasteiger partial charge >= 0.3 is 6.03 Å². The number of urea groups is 1. The SMILES string of the molecule is Cn1cnc(CNC(=O)N2CC[C@H](Oc3ccccc3Cl)C2)n1. The van der Waals surface area contributed by atoms with Gasteiger partial charge in [0.2, 0.25) is 0 Å². The Kier molecular flexibility index (Phi) is 4.66. The van der Waals surface area contributed by atoms with Crippen molar-refractivity contribution in [2.75, 3.05) is 13.1 Å². The number of ether oxygens (including phenoxy) is 1. The van der Waals surface area contributed by atoms with Gasteiger partial charge in [0.15, 0.2) is 5.82 Å². The Bertz CT molecular complexity index is 690. The van der Waals surface area contributed by atoms with Crippen molar-refractivity contribution in [2.24, 2.45) is 7.05 Å². The first-order chi connectivity index (χ1) is 11.1. The Hall–Kier alpha value is -2.28. The van der Waals surface area contributed by atoms with Crippen LogP contribution in [0.25, 0.3) is 0 Å². The van der Waals surface area contributed by atoms with Gasteiger partial charge in [-0.2, -0.15) is 5.10 Å². The Labute approximate surface area is 139 Å². The number of hydrogen-bond donors (Lipinski definition) is 1. The van der Waals surface area contributed by atoms with Crippen molar-refractivity contribution in [1.82, 2.24) is 25.0 Å². The number of carbonyl (C=O) groups is 1. The van der Waals surface area contributed by atoms with Crippen LogP contribution < -0.4 is 10.1 Å². The van der Waals surface area contributed by atoms with Crippen molar-refractivity contribution >= 4 is 17.6 Å². The standard InChI is InChI=1S/C15H18ClN5O2/c1-20-10-18-14(19-20)8-17-15(22)21-7-6-11(9-21)23-13-5-3-2-4-12(13)16/h2-5,10-11H,6-9H2,1H3,(H,17,22)/t11-/m0/s1. The maximum atomic E-state index is 12.2. The molecule has 0 unspecified atom stereocenters. The first-order valence-electron chi connectivity index (χ1n) is 7.40. The van der Waals surface area contributed by atoms with Crippen molar-refractivity contribution in [2.45, 2.75) is 19.1 Å². The van der Waals surface area contributed by atoms with E-state index in [1.807, 2.05) is 18.2 Å². The Morgan fingerprint density at radius 2 is 2.30 bits per heavy atom. The van der Waals surface area contributed by atoms with Gasteiger partial charge in [-0.1, -0.05) is 23.7 Å². The molecule has 1 saturated heterocycles. The van der Waals surface area contributed by atoms with E-state index in [4.69, 9.17) is 16.3 Å². The third-order valence-corrected chi connectivity index (χ3v) is 3.92. The highest BCUT2D eigenvalue weighted by molar-refractivity contribution is 6.32. The van der Waals surface area contributed by atoms with Crippen molar-refractivity contribution < 1.29 is 9.53 Å². The average Bonchev–Trinajstić information content (AvgIpc) is 3.16. The fourth-order valence-electron chi connectivity index (χ4n) is 2.46. The van der Waals surface area contributed by atoms with E-state index in [1.54, 1.807) is 29.0 Å². The Morgan fingerprint density at radius 3 is 3.04 bits per heavy atom. The lowest BCUT2D eigenvalue weighted by molar-refractivity contribution is 0.186. The minimum atomic E-state index is -0.136. The fraction of sp³-hybridized carbons (Fsp3) is 0.400. The summed E-state index contributed by atoms with van der Waals surface area (Å²) in [5, 5.41) is 7.52. The molecule has 2 heterocycles. The average molecular weight is 336 g/mol. The van der Waals surface area contributed by atoms with Crippen LogP contribution in [0.3, 0.4) is 0 Å². The number of benzene rings is 1. The lowest BCUT2D eigenvalue weighted by Gasteiger charge is -2.18. The van der Waals surface area contributed by atoms with Crippen LogP contribution in [0.4, 0.5) is 4.79 Å². The molecule has 1 aliphatic heterocycles. The third-order valence-electron chi connectivity index (χ3n) is 3.61. The molecule has 2 aromatic rings. The molecule has 0 aliphatic carbocycles. The lowest BCUT2D eigenvalue weighted by Crippen LogP contribution is -2.39. The molecule has 1 atom stereocenters. The highest BCUT2D eigenvalue weighted by Crippen LogP contribution is 2.26. The topological polar surface area (TPSA) is 72.3 Å². The van der Waals surface area contributed by atoms with Crippen LogP contribution in [0.5, 0.6) is 5.75 Å². The first-order valence-corrected chi connectivity index (χ1v) is 7.78. The molecular formula is C15H18ClN5O2. The fourth-order valence-corrected chi connectivity index (χ4v) is 2.64.